The van der Waals surface area contributed by atoms with Crippen LogP contribution in [-0.4, -0.2) is 82.6 Å². The minimum atomic E-state index is -4.87. The monoisotopic (exact) mass is 880 g/mol. The zero-order chi connectivity index (χ0) is 43.6. The highest BCUT2D eigenvalue weighted by atomic mass is 31.2. The molecule has 1 rings (SSSR count). The molecule has 5 atom stereocenters. The highest BCUT2D eigenvalue weighted by Gasteiger charge is 2.36. The average molecular weight is 881 g/mol. The highest BCUT2D eigenvalue weighted by molar-refractivity contribution is 7.47. The molecule has 0 saturated carbocycles. The number of unbranched alkanes of at least 4 members (excludes halogenated alkanes) is 14. The third-order valence-corrected chi connectivity index (χ3v) is 11.0. The second kappa shape index (κ2) is 34.8. The molecule has 0 spiro atoms. The SMILES string of the molecule is CCCCC/C=C\C/C=C\CC1OC1C/C=C\CCCC(=O)OC[C@H](COP(=O)(O)OC[C@@H](O)COP(=O)(O)O)OC(=O)CCCCCCCCCCCCCC(C)C. The number of rotatable bonds is 40. The van der Waals surface area contributed by atoms with Gasteiger partial charge < -0.3 is 34.0 Å². The number of aliphatic hydroxyl groups excluding tert-OH is 1. The number of allylic oxidation sites excluding steroid dienone is 4. The molecule has 0 aliphatic carbocycles. The van der Waals surface area contributed by atoms with Crippen LogP contribution in [0, 0.1) is 5.92 Å². The molecule has 1 aliphatic heterocycles. The van der Waals surface area contributed by atoms with E-state index in [-0.39, 0.29) is 25.0 Å². The molecule has 0 aromatic heterocycles. The van der Waals surface area contributed by atoms with Crippen LogP contribution in [0.5, 0.6) is 0 Å². The molecule has 1 heterocycles. The molecule has 0 radical (unpaired) electrons. The van der Waals surface area contributed by atoms with Gasteiger partial charge in [0.05, 0.1) is 32.0 Å². The summed E-state index contributed by atoms with van der Waals surface area (Å²) in [6, 6.07) is 0. The first-order chi connectivity index (χ1) is 28.2. The van der Waals surface area contributed by atoms with Gasteiger partial charge in [0, 0.05) is 12.8 Å². The van der Waals surface area contributed by atoms with Crippen molar-refractivity contribution in [3.8, 4) is 0 Å². The number of esters is 2. The fraction of sp³-hybridized carbons (Fsp3) is 0.814. The van der Waals surface area contributed by atoms with Gasteiger partial charge in [-0.25, -0.2) is 9.13 Å². The number of aliphatic hydroxyl groups is 1. The topological polar surface area (TPSA) is 208 Å². The number of carbonyl (C=O) groups excluding carboxylic acids is 2. The number of hydrogen-bond donors (Lipinski definition) is 4. The molecule has 0 aromatic carbocycles. The van der Waals surface area contributed by atoms with Gasteiger partial charge >= 0.3 is 27.6 Å². The Morgan fingerprint density at radius 1 is 0.627 bits per heavy atom. The van der Waals surface area contributed by atoms with Crippen molar-refractivity contribution in [3.63, 3.8) is 0 Å². The van der Waals surface area contributed by atoms with Crippen molar-refractivity contribution < 1.29 is 66.3 Å². The third-order valence-electron chi connectivity index (χ3n) is 9.60. The first-order valence-electron chi connectivity index (χ1n) is 22.2. The maximum Gasteiger partial charge on any atom is 0.472 e. The number of epoxide rings is 1. The van der Waals surface area contributed by atoms with Crippen LogP contribution < -0.4 is 0 Å². The van der Waals surface area contributed by atoms with Crippen LogP contribution >= 0.6 is 15.6 Å². The fourth-order valence-corrected chi connectivity index (χ4v) is 7.25. The van der Waals surface area contributed by atoms with E-state index in [0.717, 1.165) is 50.9 Å². The maximum absolute atomic E-state index is 12.7. The Bertz CT molecular complexity index is 1270. The van der Waals surface area contributed by atoms with Gasteiger partial charge in [-0.05, 0) is 57.3 Å². The summed E-state index contributed by atoms with van der Waals surface area (Å²) in [5, 5.41) is 9.75. The predicted molar refractivity (Wildman–Crippen MR) is 229 cm³/mol. The Hall–Kier alpha value is -1.70. The summed E-state index contributed by atoms with van der Waals surface area (Å²) in [6.45, 7) is 3.96. The van der Waals surface area contributed by atoms with Gasteiger partial charge in [-0.3, -0.25) is 23.2 Å². The molecule has 1 fully saturated rings. The zero-order valence-corrected chi connectivity index (χ0v) is 38.0. The quantitative estimate of drug-likeness (QED) is 0.0149. The van der Waals surface area contributed by atoms with E-state index in [1.807, 2.05) is 6.08 Å². The molecular weight excluding hydrogens is 802 g/mol. The maximum atomic E-state index is 12.7. The van der Waals surface area contributed by atoms with Crippen molar-refractivity contribution in [3.05, 3.63) is 36.5 Å². The smallest absolute Gasteiger partial charge is 0.462 e. The van der Waals surface area contributed by atoms with Crippen molar-refractivity contribution in [2.24, 2.45) is 5.92 Å². The molecule has 0 bridgehead atoms. The van der Waals surface area contributed by atoms with Gasteiger partial charge in [-0.15, -0.1) is 0 Å². The Balaban J connectivity index is 2.40. The molecule has 59 heavy (non-hydrogen) atoms. The lowest BCUT2D eigenvalue weighted by Crippen LogP contribution is -2.30. The van der Waals surface area contributed by atoms with Crippen LogP contribution in [0.3, 0.4) is 0 Å². The first kappa shape index (κ1) is 55.3. The Kier molecular flexibility index (Phi) is 32.7. The molecule has 0 aromatic rings. The van der Waals surface area contributed by atoms with Crippen molar-refractivity contribution in [1.29, 1.82) is 0 Å². The van der Waals surface area contributed by atoms with Crippen molar-refractivity contribution in [1.82, 2.24) is 0 Å². The largest absolute Gasteiger partial charge is 0.472 e. The number of hydrogen-bond acceptors (Lipinski definition) is 11. The van der Waals surface area contributed by atoms with Gasteiger partial charge in [0.25, 0.3) is 0 Å². The first-order valence-corrected chi connectivity index (χ1v) is 25.2. The van der Waals surface area contributed by atoms with Gasteiger partial charge in [-0.2, -0.15) is 0 Å². The van der Waals surface area contributed by atoms with E-state index >= 15 is 0 Å². The molecule has 3 unspecified atom stereocenters. The van der Waals surface area contributed by atoms with Crippen molar-refractivity contribution >= 4 is 27.6 Å². The molecular formula is C43H78O14P2. The summed E-state index contributed by atoms with van der Waals surface area (Å²) >= 11 is 0. The Morgan fingerprint density at radius 2 is 1.15 bits per heavy atom. The highest BCUT2D eigenvalue weighted by Crippen LogP contribution is 2.44. The summed E-state index contributed by atoms with van der Waals surface area (Å²) in [7, 11) is -9.69. The lowest BCUT2D eigenvalue weighted by atomic mass is 10.0. The van der Waals surface area contributed by atoms with E-state index in [9.17, 15) is 28.7 Å². The summed E-state index contributed by atoms with van der Waals surface area (Å²) in [5.74, 6) is -0.326. The van der Waals surface area contributed by atoms with Crippen LogP contribution in [0.1, 0.15) is 168 Å². The molecule has 4 N–H and O–H groups in total. The summed E-state index contributed by atoms with van der Waals surface area (Å²) in [5.41, 5.74) is 0. The van der Waals surface area contributed by atoms with Gasteiger partial charge in [0.2, 0.25) is 0 Å². The molecule has 16 heteroatoms. The minimum absolute atomic E-state index is 0.112. The van der Waals surface area contributed by atoms with Crippen LogP contribution in [0.2, 0.25) is 0 Å². The standard InChI is InChI=1S/C43H78O14P2/c1-4-5-6-7-8-12-16-19-24-29-40-41(57-40)30-25-21-22-26-31-42(45)52-35-39(36-55-59(50,51)54-34-38(44)33-53-58(47,48)49)56-43(46)32-27-20-17-14-11-9-10-13-15-18-23-28-37(2)3/h8,12,19,21,24-25,37-41,44H,4-7,9-11,13-18,20,22-23,26-36H2,1-3H3,(H,50,51)(H2,47,48,49)/b12-8-,24-19-,25-21-/t38-,39+,40?,41?/m0/s1. The van der Waals surface area contributed by atoms with Gasteiger partial charge in [0.1, 0.15) is 12.7 Å². The van der Waals surface area contributed by atoms with E-state index in [2.05, 4.69) is 60.2 Å². The number of carbonyl (C=O) groups is 2. The molecule has 0 amide bonds. The van der Waals surface area contributed by atoms with E-state index in [0.29, 0.717) is 19.3 Å². The van der Waals surface area contributed by atoms with Gasteiger partial charge in [-0.1, -0.05) is 141 Å². The molecule has 1 saturated heterocycles. The minimum Gasteiger partial charge on any atom is -0.462 e. The predicted octanol–water partition coefficient (Wildman–Crippen LogP) is 10.1. The third kappa shape index (κ3) is 36.7. The molecule has 14 nitrogen and oxygen atoms in total. The summed E-state index contributed by atoms with van der Waals surface area (Å²) < 4.78 is 53.5. The molecule has 344 valence electrons. The summed E-state index contributed by atoms with van der Waals surface area (Å²) in [4.78, 5) is 52.7. The second-order valence-electron chi connectivity index (χ2n) is 15.8. The molecule has 1 aliphatic rings. The Labute approximate surface area is 354 Å². The van der Waals surface area contributed by atoms with Crippen molar-refractivity contribution in [2.75, 3.05) is 26.4 Å². The van der Waals surface area contributed by atoms with Crippen LogP contribution in [-0.2, 0) is 46.5 Å². The van der Waals surface area contributed by atoms with E-state index in [1.165, 1.54) is 70.6 Å². The number of phosphoric acid groups is 2. The van der Waals surface area contributed by atoms with Crippen molar-refractivity contribution in [2.45, 2.75) is 193 Å². The Morgan fingerprint density at radius 3 is 1.78 bits per heavy atom. The van der Waals surface area contributed by atoms with E-state index in [4.69, 9.17) is 28.5 Å². The number of ether oxygens (including phenoxy) is 3. The van der Waals surface area contributed by atoms with Crippen LogP contribution in [0.25, 0.3) is 0 Å². The van der Waals surface area contributed by atoms with Crippen LogP contribution in [0.15, 0.2) is 36.5 Å². The number of phosphoric ester groups is 2. The lowest BCUT2D eigenvalue weighted by Gasteiger charge is -2.20. The van der Waals surface area contributed by atoms with E-state index in [1.54, 1.807) is 0 Å². The second-order valence-corrected chi connectivity index (χ2v) is 18.5. The van der Waals surface area contributed by atoms with Crippen LogP contribution in [0.4, 0.5) is 0 Å². The normalized spacial score (nSPS) is 17.9. The fourth-order valence-electron chi connectivity index (χ4n) is 6.10. The average Bonchev–Trinajstić information content (AvgIpc) is 3.94. The summed E-state index contributed by atoms with van der Waals surface area (Å²) in [6.07, 6.45) is 33.2. The zero-order valence-electron chi connectivity index (χ0n) is 36.2. The lowest BCUT2D eigenvalue weighted by molar-refractivity contribution is -0.161. The van der Waals surface area contributed by atoms with Gasteiger partial charge in [0.15, 0.2) is 6.10 Å². The van der Waals surface area contributed by atoms with E-state index < -0.39 is 66.2 Å².